The molecule has 2 nitrogen and oxygen atoms in total. The predicted molar refractivity (Wildman–Crippen MR) is 85.1 cm³/mol. The summed E-state index contributed by atoms with van der Waals surface area (Å²) >= 11 is 3.48. The normalized spacial score (nSPS) is 15.9. The minimum Gasteiger partial charge on any atom is -0.490 e. The molecule has 0 aromatic heterocycles. The molecule has 3 rings (SSSR count). The number of benzene rings is 2. The monoisotopic (exact) mass is 331 g/mol. The lowest BCUT2D eigenvalue weighted by Gasteiger charge is -2.18. The maximum Gasteiger partial charge on any atom is 0.120 e. The number of halogens is 1. The Kier molecular flexibility index (Phi) is 4.08. The SMILES string of the molecule is CNC(c1ccc(Br)cc1)c1cccc(OC2CC2)c1. The average Bonchev–Trinajstić information content (AvgIpc) is 3.26. The lowest BCUT2D eigenvalue weighted by Crippen LogP contribution is -2.17. The molecule has 2 aromatic carbocycles. The molecule has 1 atom stereocenters. The Hall–Kier alpha value is -1.32. The van der Waals surface area contributed by atoms with Gasteiger partial charge in [-0.15, -0.1) is 0 Å². The van der Waals surface area contributed by atoms with Crippen LogP contribution in [0.4, 0.5) is 0 Å². The molecular formula is C17H18BrNO. The van der Waals surface area contributed by atoms with Gasteiger partial charge in [0.05, 0.1) is 12.1 Å². The van der Waals surface area contributed by atoms with Crippen molar-refractivity contribution in [3.63, 3.8) is 0 Å². The van der Waals surface area contributed by atoms with Crippen molar-refractivity contribution in [1.82, 2.24) is 5.32 Å². The van der Waals surface area contributed by atoms with Crippen molar-refractivity contribution in [2.24, 2.45) is 0 Å². The highest BCUT2D eigenvalue weighted by molar-refractivity contribution is 9.10. The third kappa shape index (κ3) is 3.22. The zero-order valence-corrected chi connectivity index (χ0v) is 13.1. The van der Waals surface area contributed by atoms with E-state index in [0.29, 0.717) is 6.10 Å². The van der Waals surface area contributed by atoms with Crippen LogP contribution in [-0.2, 0) is 0 Å². The first-order chi connectivity index (χ1) is 9.76. The Morgan fingerprint density at radius 2 is 1.85 bits per heavy atom. The number of nitrogens with one attached hydrogen (secondary N) is 1. The largest absolute Gasteiger partial charge is 0.490 e. The van der Waals surface area contributed by atoms with Gasteiger partial charge in [-0.3, -0.25) is 0 Å². The van der Waals surface area contributed by atoms with Crippen LogP contribution in [0.5, 0.6) is 5.75 Å². The van der Waals surface area contributed by atoms with Gasteiger partial charge in [0.25, 0.3) is 0 Å². The first-order valence-corrected chi connectivity index (χ1v) is 7.75. The van der Waals surface area contributed by atoms with E-state index in [2.05, 4.69) is 63.7 Å². The van der Waals surface area contributed by atoms with E-state index in [0.717, 1.165) is 10.2 Å². The van der Waals surface area contributed by atoms with Crippen LogP contribution >= 0.6 is 15.9 Å². The molecule has 1 unspecified atom stereocenters. The van der Waals surface area contributed by atoms with Crippen molar-refractivity contribution in [1.29, 1.82) is 0 Å². The summed E-state index contributed by atoms with van der Waals surface area (Å²) in [7, 11) is 1.99. The smallest absolute Gasteiger partial charge is 0.120 e. The van der Waals surface area contributed by atoms with Gasteiger partial charge in [0.1, 0.15) is 5.75 Å². The highest BCUT2D eigenvalue weighted by atomic mass is 79.9. The molecule has 0 spiro atoms. The number of rotatable bonds is 5. The Morgan fingerprint density at radius 3 is 2.50 bits per heavy atom. The molecule has 0 saturated heterocycles. The lowest BCUT2D eigenvalue weighted by atomic mass is 9.99. The van der Waals surface area contributed by atoms with E-state index in [9.17, 15) is 0 Å². The molecule has 3 heteroatoms. The molecular weight excluding hydrogens is 314 g/mol. The van der Waals surface area contributed by atoms with Crippen molar-refractivity contribution >= 4 is 15.9 Å². The molecule has 1 saturated carbocycles. The lowest BCUT2D eigenvalue weighted by molar-refractivity contribution is 0.302. The Balaban J connectivity index is 1.85. The molecule has 0 aliphatic heterocycles. The number of hydrogen-bond acceptors (Lipinski definition) is 2. The topological polar surface area (TPSA) is 21.3 Å². The molecule has 20 heavy (non-hydrogen) atoms. The molecule has 0 amide bonds. The summed E-state index contributed by atoms with van der Waals surface area (Å²) in [6.07, 6.45) is 2.81. The van der Waals surface area contributed by atoms with E-state index < -0.39 is 0 Å². The second kappa shape index (κ2) is 5.98. The van der Waals surface area contributed by atoms with Gasteiger partial charge in [0.2, 0.25) is 0 Å². The van der Waals surface area contributed by atoms with Crippen molar-refractivity contribution in [2.75, 3.05) is 7.05 Å². The molecule has 0 heterocycles. The Labute approximate surface area is 128 Å². The standard InChI is InChI=1S/C17H18BrNO/c1-19-17(12-5-7-14(18)8-6-12)13-3-2-4-16(11-13)20-15-9-10-15/h2-8,11,15,17,19H,9-10H2,1H3. The van der Waals surface area contributed by atoms with Gasteiger partial charge >= 0.3 is 0 Å². The summed E-state index contributed by atoms with van der Waals surface area (Å²) in [6, 6.07) is 17.0. The summed E-state index contributed by atoms with van der Waals surface area (Å²) in [6.45, 7) is 0. The molecule has 1 fully saturated rings. The van der Waals surface area contributed by atoms with Crippen LogP contribution in [0.1, 0.15) is 30.0 Å². The van der Waals surface area contributed by atoms with Crippen LogP contribution in [0, 0.1) is 0 Å². The minimum atomic E-state index is 0.186. The first-order valence-electron chi connectivity index (χ1n) is 6.95. The van der Waals surface area contributed by atoms with Gasteiger partial charge in [0, 0.05) is 4.47 Å². The van der Waals surface area contributed by atoms with Crippen LogP contribution in [0.15, 0.2) is 53.0 Å². The molecule has 1 aliphatic rings. The van der Waals surface area contributed by atoms with E-state index in [1.54, 1.807) is 0 Å². The Morgan fingerprint density at radius 1 is 1.10 bits per heavy atom. The third-order valence-electron chi connectivity index (χ3n) is 3.51. The van der Waals surface area contributed by atoms with E-state index in [-0.39, 0.29) is 6.04 Å². The van der Waals surface area contributed by atoms with E-state index >= 15 is 0 Å². The zero-order chi connectivity index (χ0) is 13.9. The van der Waals surface area contributed by atoms with E-state index in [1.165, 1.54) is 24.0 Å². The maximum atomic E-state index is 5.88. The number of hydrogen-bond donors (Lipinski definition) is 1. The predicted octanol–water partition coefficient (Wildman–Crippen LogP) is 4.30. The summed E-state index contributed by atoms with van der Waals surface area (Å²) < 4.78 is 6.98. The van der Waals surface area contributed by atoms with Crippen molar-refractivity contribution in [3.05, 3.63) is 64.1 Å². The first kappa shape index (κ1) is 13.7. The van der Waals surface area contributed by atoms with E-state index in [1.807, 2.05) is 13.1 Å². The summed E-state index contributed by atoms with van der Waals surface area (Å²) in [5, 5.41) is 3.38. The van der Waals surface area contributed by atoms with Crippen LogP contribution in [0.2, 0.25) is 0 Å². The highest BCUT2D eigenvalue weighted by Gasteiger charge is 2.23. The highest BCUT2D eigenvalue weighted by Crippen LogP contribution is 2.30. The summed E-state index contributed by atoms with van der Waals surface area (Å²) in [5.74, 6) is 0.974. The average molecular weight is 332 g/mol. The van der Waals surface area contributed by atoms with Crippen LogP contribution in [-0.4, -0.2) is 13.2 Å². The Bertz CT molecular complexity index is 578. The number of ether oxygens (including phenoxy) is 1. The maximum absolute atomic E-state index is 5.88. The quantitative estimate of drug-likeness (QED) is 0.881. The van der Waals surface area contributed by atoms with Crippen molar-refractivity contribution in [3.8, 4) is 5.75 Å². The summed E-state index contributed by atoms with van der Waals surface area (Å²) in [4.78, 5) is 0. The second-order valence-electron chi connectivity index (χ2n) is 5.16. The second-order valence-corrected chi connectivity index (χ2v) is 6.08. The van der Waals surface area contributed by atoms with Crippen molar-refractivity contribution in [2.45, 2.75) is 25.0 Å². The molecule has 0 bridgehead atoms. The molecule has 2 aromatic rings. The fraction of sp³-hybridized carbons (Fsp3) is 0.294. The zero-order valence-electron chi connectivity index (χ0n) is 11.5. The fourth-order valence-corrected chi connectivity index (χ4v) is 2.59. The van der Waals surface area contributed by atoms with Gasteiger partial charge in [0.15, 0.2) is 0 Å². The summed E-state index contributed by atoms with van der Waals surface area (Å²) in [5.41, 5.74) is 2.48. The van der Waals surface area contributed by atoms with Gasteiger partial charge in [-0.2, -0.15) is 0 Å². The van der Waals surface area contributed by atoms with Crippen molar-refractivity contribution < 1.29 is 4.74 Å². The molecule has 104 valence electrons. The van der Waals surface area contributed by atoms with Crippen LogP contribution in [0.3, 0.4) is 0 Å². The van der Waals surface area contributed by atoms with Gasteiger partial charge in [-0.05, 0) is 55.3 Å². The van der Waals surface area contributed by atoms with E-state index in [4.69, 9.17) is 4.74 Å². The fourth-order valence-electron chi connectivity index (χ4n) is 2.33. The molecule has 0 radical (unpaired) electrons. The van der Waals surface area contributed by atoms with Crippen LogP contribution < -0.4 is 10.1 Å². The van der Waals surface area contributed by atoms with Gasteiger partial charge in [-0.1, -0.05) is 40.2 Å². The van der Waals surface area contributed by atoms with Gasteiger partial charge < -0.3 is 10.1 Å². The molecule has 1 aliphatic carbocycles. The minimum absolute atomic E-state index is 0.186. The van der Waals surface area contributed by atoms with Gasteiger partial charge in [-0.25, -0.2) is 0 Å². The molecule has 1 N–H and O–H groups in total. The van der Waals surface area contributed by atoms with Crippen LogP contribution in [0.25, 0.3) is 0 Å². The third-order valence-corrected chi connectivity index (χ3v) is 4.04.